The molecule has 10 nitrogen and oxygen atoms in total. The van der Waals surface area contributed by atoms with Crippen molar-refractivity contribution in [3.8, 4) is 11.4 Å². The van der Waals surface area contributed by atoms with Crippen molar-refractivity contribution < 1.29 is 19.0 Å². The number of rotatable bonds is 6. The van der Waals surface area contributed by atoms with Crippen LogP contribution in [0, 0.1) is 12.7 Å². The Balaban J connectivity index is 1.45. The molecular formula is C30H27FN4O6. The van der Waals surface area contributed by atoms with Crippen molar-refractivity contribution in [1.29, 1.82) is 0 Å². The van der Waals surface area contributed by atoms with Gasteiger partial charge in [0, 0.05) is 23.6 Å². The number of esters is 1. The summed E-state index contributed by atoms with van der Waals surface area (Å²) < 4.78 is 22.0. The number of fused-ring (bicyclic) bond motifs is 5. The molecule has 7 rings (SSSR count). The van der Waals surface area contributed by atoms with Gasteiger partial charge < -0.3 is 25.0 Å². The average Bonchev–Trinajstić information content (AvgIpc) is 3.34. The molecule has 2 aromatic carbocycles. The number of carbonyl (C=O) groups is 1. The molecule has 2 atom stereocenters. The number of ether oxygens (including phenoxy) is 1. The molecule has 1 unspecified atom stereocenters. The lowest BCUT2D eigenvalue weighted by atomic mass is 9.81. The first kappa shape index (κ1) is 25.6. The van der Waals surface area contributed by atoms with Gasteiger partial charge in [-0.05, 0) is 54.5 Å². The van der Waals surface area contributed by atoms with Gasteiger partial charge in [-0.2, -0.15) is 0 Å². The number of nitrogens with zero attached hydrogens (tertiary/aromatic N) is 2. The molecule has 0 amide bonds. The zero-order valence-electron chi connectivity index (χ0n) is 22.5. The van der Waals surface area contributed by atoms with Gasteiger partial charge in [-0.1, -0.05) is 6.92 Å². The largest absolute Gasteiger partial charge is 0.460 e. The summed E-state index contributed by atoms with van der Waals surface area (Å²) in [5.41, 5.74) is 4.33. The van der Waals surface area contributed by atoms with E-state index in [-0.39, 0.29) is 55.0 Å². The lowest BCUT2D eigenvalue weighted by Gasteiger charge is -2.31. The molecule has 0 fully saturated rings. The van der Waals surface area contributed by atoms with Crippen LogP contribution in [0.4, 0.5) is 15.8 Å². The van der Waals surface area contributed by atoms with Gasteiger partial charge in [-0.3, -0.25) is 19.2 Å². The molecular weight excluding hydrogens is 531 g/mol. The summed E-state index contributed by atoms with van der Waals surface area (Å²) in [6, 6.07) is 2.82. The summed E-state index contributed by atoms with van der Waals surface area (Å²) in [6.45, 7) is 3.64. The highest BCUT2D eigenvalue weighted by atomic mass is 19.1. The first-order valence-corrected chi connectivity index (χ1v) is 13.8. The predicted octanol–water partition coefficient (Wildman–Crippen LogP) is 2.52. The minimum absolute atomic E-state index is 0.0883. The minimum atomic E-state index is -0.646. The van der Waals surface area contributed by atoms with Gasteiger partial charge in [0.2, 0.25) is 0 Å². The molecule has 0 spiro atoms. The number of carbonyl (C=O) groups excluding carboxylic acids is 1. The van der Waals surface area contributed by atoms with Crippen molar-refractivity contribution >= 4 is 28.2 Å². The molecule has 2 aromatic heterocycles. The van der Waals surface area contributed by atoms with E-state index < -0.39 is 22.8 Å². The van der Waals surface area contributed by atoms with Crippen LogP contribution in [0.1, 0.15) is 65.1 Å². The average molecular weight is 559 g/mol. The van der Waals surface area contributed by atoms with E-state index in [4.69, 9.17) is 9.72 Å². The molecule has 3 N–H and O–H groups in total. The van der Waals surface area contributed by atoms with Gasteiger partial charge in [0.25, 0.3) is 16.4 Å². The van der Waals surface area contributed by atoms with Crippen LogP contribution in [-0.4, -0.2) is 33.8 Å². The number of cyclic esters (lactones) is 1. The topological polar surface area (TPSA) is 140 Å². The first-order chi connectivity index (χ1) is 19.7. The van der Waals surface area contributed by atoms with Gasteiger partial charge in [0.1, 0.15) is 23.8 Å². The monoisotopic (exact) mass is 558 g/mol. The van der Waals surface area contributed by atoms with E-state index in [1.165, 1.54) is 6.07 Å². The number of aryl methyl sites for hydroxylation is 1. The molecule has 0 radical (unpaired) electrons. The fraction of sp³-hybridized carbons (Fsp3) is 0.367. The molecule has 0 bridgehead atoms. The fourth-order valence-electron chi connectivity index (χ4n) is 6.77. The number of aliphatic hydroxyl groups is 1. The minimum Gasteiger partial charge on any atom is -0.460 e. The van der Waals surface area contributed by atoms with Crippen molar-refractivity contribution in [3.63, 3.8) is 0 Å². The van der Waals surface area contributed by atoms with Crippen LogP contribution in [0.15, 0.2) is 26.5 Å². The standard InChI is InChI=1S/C30H27FN4O6/c1-3-13-15-8-21-24-16(10-35(21)29(39)17(15)11-41-30(13)40)23-19(33-26-25(32-6-7-36)27(37)28(26)38)5-4-14-12(2)18(31)9-20(34-24)22(14)23/h8-9,13,19,32-33,36H,3-7,10-11H2,1-2H3/t13-,19?/m1/s1. The summed E-state index contributed by atoms with van der Waals surface area (Å²) in [5, 5.41) is 16.1. The Morgan fingerprint density at radius 3 is 2.66 bits per heavy atom. The Morgan fingerprint density at radius 2 is 1.90 bits per heavy atom. The molecule has 4 aromatic rings. The second kappa shape index (κ2) is 9.07. The molecule has 3 aliphatic rings. The number of benzene rings is 1. The van der Waals surface area contributed by atoms with Crippen LogP contribution in [-0.2, 0) is 29.1 Å². The summed E-state index contributed by atoms with van der Waals surface area (Å²) >= 11 is 0. The molecule has 210 valence electrons. The third-order valence-corrected chi connectivity index (χ3v) is 8.84. The second-order valence-corrected chi connectivity index (χ2v) is 10.9. The summed E-state index contributed by atoms with van der Waals surface area (Å²) in [5.74, 6) is -1.29. The Bertz CT molecular complexity index is 1950. The summed E-state index contributed by atoms with van der Waals surface area (Å²) in [6.07, 6.45) is 1.52. The SMILES string of the molecule is CC[C@H]1C(=O)OCc2c1cc1n(c2=O)Cc2c-1nc1cc(F)c(C)c3c1c2C(Nc1c(NCCO)c(=O)c1=O)CC3. The molecule has 0 saturated heterocycles. The second-order valence-electron chi connectivity index (χ2n) is 10.9. The number of halogens is 1. The normalized spacial score (nSPS) is 18.7. The molecule has 2 aliphatic heterocycles. The van der Waals surface area contributed by atoms with Crippen LogP contribution in [0.3, 0.4) is 0 Å². The van der Waals surface area contributed by atoms with Crippen LogP contribution in [0.5, 0.6) is 0 Å². The number of anilines is 2. The first-order valence-electron chi connectivity index (χ1n) is 13.8. The van der Waals surface area contributed by atoms with Gasteiger partial charge in [0.15, 0.2) is 0 Å². The third kappa shape index (κ3) is 3.48. The smallest absolute Gasteiger partial charge is 0.313 e. The molecule has 1 aliphatic carbocycles. The molecule has 0 saturated carbocycles. The number of hydrogen-bond donors (Lipinski definition) is 3. The van der Waals surface area contributed by atoms with Crippen LogP contribution < -0.4 is 27.1 Å². The van der Waals surface area contributed by atoms with Crippen LogP contribution >= 0.6 is 0 Å². The van der Waals surface area contributed by atoms with Crippen LogP contribution in [0.2, 0.25) is 0 Å². The molecule has 4 heterocycles. The van der Waals surface area contributed by atoms with Crippen molar-refractivity contribution in [2.24, 2.45) is 0 Å². The highest BCUT2D eigenvalue weighted by molar-refractivity contribution is 5.93. The maximum Gasteiger partial charge on any atom is 0.313 e. The third-order valence-electron chi connectivity index (χ3n) is 8.84. The zero-order valence-corrected chi connectivity index (χ0v) is 22.5. The van der Waals surface area contributed by atoms with E-state index in [1.54, 1.807) is 11.5 Å². The Hall–Kier alpha value is -4.38. The number of aromatic nitrogens is 2. The Morgan fingerprint density at radius 1 is 1.12 bits per heavy atom. The number of pyridine rings is 2. The van der Waals surface area contributed by atoms with E-state index in [0.29, 0.717) is 52.9 Å². The lowest BCUT2D eigenvalue weighted by molar-refractivity contribution is -0.148. The maximum atomic E-state index is 15.1. The van der Waals surface area contributed by atoms with E-state index in [1.807, 2.05) is 13.0 Å². The summed E-state index contributed by atoms with van der Waals surface area (Å²) in [4.78, 5) is 55.9. The van der Waals surface area contributed by atoms with Crippen LogP contribution in [0.25, 0.3) is 22.3 Å². The van der Waals surface area contributed by atoms with Gasteiger partial charge in [-0.25, -0.2) is 9.37 Å². The Kier molecular flexibility index (Phi) is 5.66. The van der Waals surface area contributed by atoms with Crippen molar-refractivity contribution in [3.05, 3.63) is 82.1 Å². The zero-order chi connectivity index (χ0) is 28.7. The fourth-order valence-corrected chi connectivity index (χ4v) is 6.77. The highest BCUT2D eigenvalue weighted by Crippen LogP contribution is 2.46. The van der Waals surface area contributed by atoms with E-state index >= 15 is 4.39 Å². The van der Waals surface area contributed by atoms with Gasteiger partial charge in [0.05, 0.1) is 47.6 Å². The highest BCUT2D eigenvalue weighted by Gasteiger charge is 2.38. The van der Waals surface area contributed by atoms with E-state index in [9.17, 15) is 24.3 Å². The lowest BCUT2D eigenvalue weighted by Crippen LogP contribution is -2.39. The maximum absolute atomic E-state index is 15.1. The quantitative estimate of drug-likeness (QED) is 0.212. The summed E-state index contributed by atoms with van der Waals surface area (Å²) in [7, 11) is 0. The number of nitrogens with one attached hydrogen (secondary N) is 2. The van der Waals surface area contributed by atoms with E-state index in [2.05, 4.69) is 10.6 Å². The Labute approximate surface area is 232 Å². The van der Waals surface area contributed by atoms with E-state index in [0.717, 1.165) is 22.1 Å². The van der Waals surface area contributed by atoms with Crippen molar-refractivity contribution in [2.75, 3.05) is 23.8 Å². The predicted molar refractivity (Wildman–Crippen MR) is 150 cm³/mol. The van der Waals surface area contributed by atoms with Crippen molar-refractivity contribution in [1.82, 2.24) is 9.55 Å². The number of hydrogen-bond acceptors (Lipinski definition) is 9. The van der Waals surface area contributed by atoms with Gasteiger partial charge in [-0.15, -0.1) is 0 Å². The number of aliphatic hydroxyl groups excluding tert-OH is 1. The van der Waals surface area contributed by atoms with Crippen molar-refractivity contribution in [2.45, 2.75) is 58.2 Å². The molecule has 11 heteroatoms. The molecule has 41 heavy (non-hydrogen) atoms. The van der Waals surface area contributed by atoms with Gasteiger partial charge >= 0.3 is 5.97 Å².